The molecule has 7 heteroatoms. The van der Waals surface area contributed by atoms with Gasteiger partial charge in [0, 0.05) is 10.5 Å². The van der Waals surface area contributed by atoms with E-state index in [1.165, 1.54) is 11.3 Å². The van der Waals surface area contributed by atoms with Crippen LogP contribution in [0, 0.1) is 0 Å². The van der Waals surface area contributed by atoms with Gasteiger partial charge in [-0.05, 0) is 50.1 Å². The van der Waals surface area contributed by atoms with Gasteiger partial charge >= 0.3 is 0 Å². The number of benzene rings is 2. The molecule has 0 unspecified atom stereocenters. The largest absolute Gasteiger partial charge is 0.495 e. The molecule has 0 fully saturated rings. The third-order valence-corrected chi connectivity index (χ3v) is 5.57. The van der Waals surface area contributed by atoms with Crippen LogP contribution in [0.25, 0.3) is 10.2 Å². The summed E-state index contributed by atoms with van der Waals surface area (Å²) in [4.78, 5) is 4.54. The topological polar surface area (TPSA) is 34.1 Å². The van der Waals surface area contributed by atoms with Crippen LogP contribution in [-0.4, -0.2) is 12.1 Å². The molecule has 0 aliphatic rings. The summed E-state index contributed by atoms with van der Waals surface area (Å²) in [5.74, 6) is 0.750. The van der Waals surface area contributed by atoms with Crippen LogP contribution < -0.4 is 10.1 Å². The minimum atomic E-state index is 0.713. The average Bonchev–Trinajstić information content (AvgIpc) is 2.86. The first-order chi connectivity index (χ1) is 10.1. The Balaban J connectivity index is 2.00. The van der Waals surface area contributed by atoms with Gasteiger partial charge in [-0.1, -0.05) is 29.0 Å². The highest BCUT2D eigenvalue weighted by atomic mass is 79.9. The van der Waals surface area contributed by atoms with Crippen molar-refractivity contribution in [2.75, 3.05) is 12.4 Å². The summed E-state index contributed by atoms with van der Waals surface area (Å²) in [6.45, 7) is 0. The molecule has 0 saturated heterocycles. The molecule has 0 radical (unpaired) electrons. The van der Waals surface area contributed by atoms with Crippen LogP contribution >= 0.6 is 54.8 Å². The Kier molecular flexibility index (Phi) is 4.40. The van der Waals surface area contributed by atoms with Crippen molar-refractivity contribution in [2.24, 2.45) is 0 Å². The van der Waals surface area contributed by atoms with Crippen molar-refractivity contribution >= 4 is 75.8 Å². The predicted molar refractivity (Wildman–Crippen MR) is 96.3 cm³/mol. The third kappa shape index (κ3) is 3.04. The van der Waals surface area contributed by atoms with E-state index in [9.17, 15) is 0 Å². The minimum Gasteiger partial charge on any atom is -0.495 e. The molecule has 0 atom stereocenters. The van der Waals surface area contributed by atoms with Gasteiger partial charge in [0.1, 0.15) is 5.75 Å². The molecule has 2 aromatic carbocycles. The number of ether oxygens (including phenoxy) is 1. The zero-order valence-electron chi connectivity index (χ0n) is 10.8. The fraction of sp³-hybridized carbons (Fsp3) is 0.0714. The number of hydrogen-bond acceptors (Lipinski definition) is 4. The normalized spacial score (nSPS) is 10.9. The lowest BCUT2D eigenvalue weighted by Gasteiger charge is -2.09. The van der Waals surface area contributed by atoms with E-state index in [0.29, 0.717) is 5.02 Å². The molecule has 3 aromatic rings. The Morgan fingerprint density at radius 2 is 2.05 bits per heavy atom. The molecule has 0 saturated carbocycles. The Labute approximate surface area is 147 Å². The van der Waals surface area contributed by atoms with Crippen LogP contribution in [0.1, 0.15) is 0 Å². The summed E-state index contributed by atoms with van der Waals surface area (Å²) in [6.07, 6.45) is 0. The average molecular weight is 449 g/mol. The number of fused-ring (bicyclic) bond motifs is 1. The van der Waals surface area contributed by atoms with Gasteiger partial charge in [0.2, 0.25) is 0 Å². The second kappa shape index (κ2) is 6.12. The summed E-state index contributed by atoms with van der Waals surface area (Å²) in [5.41, 5.74) is 1.76. The molecule has 1 heterocycles. The molecule has 1 aromatic heterocycles. The van der Waals surface area contributed by atoms with Crippen molar-refractivity contribution in [3.63, 3.8) is 0 Å². The smallest absolute Gasteiger partial charge is 0.188 e. The fourth-order valence-corrected chi connectivity index (χ4v) is 4.29. The quantitative estimate of drug-likeness (QED) is 0.516. The standard InChI is InChI=1S/C14H9Br2ClN2OS/c1-20-12-6-11(7(15)5-8(12)16)19-14-18-10-4-2-3-9(17)13(10)21-14/h2-6H,1H3,(H,18,19). The molecule has 3 nitrogen and oxygen atoms in total. The minimum absolute atomic E-state index is 0.713. The highest BCUT2D eigenvalue weighted by molar-refractivity contribution is 9.11. The second-order valence-corrected chi connectivity index (χ2v) is 7.31. The molecule has 108 valence electrons. The number of halogens is 3. The highest BCUT2D eigenvalue weighted by Gasteiger charge is 2.11. The number of nitrogens with zero attached hydrogens (tertiary/aromatic N) is 1. The van der Waals surface area contributed by atoms with E-state index in [2.05, 4.69) is 42.2 Å². The number of nitrogens with one attached hydrogen (secondary N) is 1. The summed E-state index contributed by atoms with van der Waals surface area (Å²) >= 11 is 14.7. The molecular formula is C14H9Br2ClN2OS. The van der Waals surface area contributed by atoms with E-state index < -0.39 is 0 Å². The number of rotatable bonds is 3. The number of aromatic nitrogens is 1. The van der Waals surface area contributed by atoms with Gasteiger partial charge in [-0.15, -0.1) is 0 Å². The monoisotopic (exact) mass is 446 g/mol. The van der Waals surface area contributed by atoms with Crippen molar-refractivity contribution in [2.45, 2.75) is 0 Å². The maximum Gasteiger partial charge on any atom is 0.188 e. The zero-order valence-corrected chi connectivity index (χ0v) is 15.5. The highest BCUT2D eigenvalue weighted by Crippen LogP contribution is 2.38. The third-order valence-electron chi connectivity index (χ3n) is 2.85. The molecular weight excluding hydrogens is 439 g/mol. The van der Waals surface area contributed by atoms with Gasteiger partial charge in [-0.25, -0.2) is 4.98 Å². The first kappa shape index (κ1) is 15.1. The number of anilines is 2. The van der Waals surface area contributed by atoms with Gasteiger partial charge in [-0.2, -0.15) is 0 Å². The van der Waals surface area contributed by atoms with E-state index in [4.69, 9.17) is 16.3 Å². The van der Waals surface area contributed by atoms with Crippen LogP contribution in [-0.2, 0) is 0 Å². The van der Waals surface area contributed by atoms with Crippen LogP contribution in [0.5, 0.6) is 5.75 Å². The Hall–Kier alpha value is -0.820. The first-order valence-electron chi connectivity index (χ1n) is 5.93. The fourth-order valence-electron chi connectivity index (χ4n) is 1.87. The van der Waals surface area contributed by atoms with Crippen molar-refractivity contribution in [1.29, 1.82) is 0 Å². The van der Waals surface area contributed by atoms with Crippen molar-refractivity contribution in [3.8, 4) is 5.75 Å². The summed E-state index contributed by atoms with van der Waals surface area (Å²) in [7, 11) is 1.63. The van der Waals surface area contributed by atoms with E-state index >= 15 is 0 Å². The molecule has 0 bridgehead atoms. The van der Waals surface area contributed by atoms with Crippen molar-refractivity contribution in [1.82, 2.24) is 4.98 Å². The predicted octanol–water partition coefficient (Wildman–Crippen LogP) is 6.23. The maximum absolute atomic E-state index is 6.18. The van der Waals surface area contributed by atoms with Crippen molar-refractivity contribution < 1.29 is 4.74 Å². The van der Waals surface area contributed by atoms with E-state index in [-0.39, 0.29) is 0 Å². The van der Waals surface area contributed by atoms with Crippen LogP contribution in [0.15, 0.2) is 39.3 Å². The zero-order chi connectivity index (χ0) is 15.0. The molecule has 0 spiro atoms. The van der Waals surface area contributed by atoms with E-state index in [1.54, 1.807) is 7.11 Å². The van der Waals surface area contributed by atoms with Crippen molar-refractivity contribution in [3.05, 3.63) is 44.3 Å². The number of thiazole rings is 1. The Morgan fingerprint density at radius 1 is 1.24 bits per heavy atom. The lowest BCUT2D eigenvalue weighted by Crippen LogP contribution is -1.93. The Morgan fingerprint density at radius 3 is 2.76 bits per heavy atom. The van der Waals surface area contributed by atoms with Gasteiger partial charge < -0.3 is 10.1 Å². The summed E-state index contributed by atoms with van der Waals surface area (Å²) in [6, 6.07) is 9.54. The molecule has 0 amide bonds. The SMILES string of the molecule is COc1cc(Nc2nc3cccc(Cl)c3s2)c(Br)cc1Br. The summed E-state index contributed by atoms with van der Waals surface area (Å²) in [5, 5.41) is 4.79. The number of hydrogen-bond donors (Lipinski definition) is 1. The van der Waals surface area contributed by atoms with E-state index in [0.717, 1.165) is 35.7 Å². The van der Waals surface area contributed by atoms with Gasteiger partial charge in [0.15, 0.2) is 5.13 Å². The van der Waals surface area contributed by atoms with Gasteiger partial charge in [-0.3, -0.25) is 0 Å². The molecule has 21 heavy (non-hydrogen) atoms. The molecule has 0 aliphatic carbocycles. The molecule has 3 rings (SSSR count). The lowest BCUT2D eigenvalue weighted by molar-refractivity contribution is 0.412. The van der Waals surface area contributed by atoms with Gasteiger partial charge in [0.25, 0.3) is 0 Å². The van der Waals surface area contributed by atoms with E-state index in [1.807, 2.05) is 30.3 Å². The molecule has 1 N–H and O–H groups in total. The second-order valence-electron chi connectivity index (χ2n) is 4.20. The van der Waals surface area contributed by atoms with Crippen LogP contribution in [0.3, 0.4) is 0 Å². The lowest BCUT2D eigenvalue weighted by atomic mass is 10.3. The Bertz CT molecular complexity index is 822. The summed E-state index contributed by atoms with van der Waals surface area (Å²) < 4.78 is 8.09. The first-order valence-corrected chi connectivity index (χ1v) is 8.71. The number of methoxy groups -OCH3 is 1. The van der Waals surface area contributed by atoms with Gasteiger partial charge in [0.05, 0.1) is 32.5 Å². The maximum atomic E-state index is 6.18. The van der Waals surface area contributed by atoms with Crippen LogP contribution in [0.2, 0.25) is 5.02 Å². The molecule has 0 aliphatic heterocycles. The van der Waals surface area contributed by atoms with Crippen LogP contribution in [0.4, 0.5) is 10.8 Å².